The van der Waals surface area contributed by atoms with E-state index >= 15 is 0 Å². The molecule has 7 nitrogen and oxygen atoms in total. The highest BCUT2D eigenvalue weighted by molar-refractivity contribution is 5.79. The van der Waals surface area contributed by atoms with E-state index in [9.17, 15) is 0 Å². The molecule has 1 unspecified atom stereocenters. The zero-order valence-electron chi connectivity index (χ0n) is 19.1. The molecule has 0 saturated carbocycles. The number of nitrogens with one attached hydrogen (secondary N) is 3. The molecule has 0 spiro atoms. The van der Waals surface area contributed by atoms with Gasteiger partial charge in [-0.2, -0.15) is 0 Å². The lowest BCUT2D eigenvalue weighted by Crippen LogP contribution is -2.44. The average molecular weight is 435 g/mol. The summed E-state index contributed by atoms with van der Waals surface area (Å²) < 4.78 is 5.34. The number of aromatic amines is 1. The van der Waals surface area contributed by atoms with Crippen LogP contribution in [0.15, 0.2) is 53.5 Å². The molecule has 4 rings (SSSR count). The number of piperidine rings is 1. The van der Waals surface area contributed by atoms with Crippen LogP contribution in [0.5, 0.6) is 5.75 Å². The Morgan fingerprint density at radius 3 is 2.59 bits per heavy atom. The van der Waals surface area contributed by atoms with Crippen molar-refractivity contribution in [3.05, 3.63) is 59.9 Å². The van der Waals surface area contributed by atoms with E-state index in [2.05, 4.69) is 48.7 Å². The Kier molecular flexibility index (Phi) is 7.61. The standard InChI is InChI=1S/C25H34N6O/c1-26-25(27-15-14-24-29-21-8-4-5-9-22(21)30-24)28-18-23(31-16-6-3-7-17-31)19-10-12-20(32-2)13-11-19/h4-5,8-13,23H,3,6-7,14-18H2,1-2H3,(H,29,30)(H2,26,27,28). The normalized spacial score (nSPS) is 16.1. The van der Waals surface area contributed by atoms with Crippen LogP contribution >= 0.6 is 0 Å². The van der Waals surface area contributed by atoms with Gasteiger partial charge in [-0.1, -0.05) is 30.7 Å². The fourth-order valence-corrected chi connectivity index (χ4v) is 4.35. The molecule has 0 radical (unpaired) electrons. The van der Waals surface area contributed by atoms with Crippen molar-refractivity contribution in [2.45, 2.75) is 31.7 Å². The molecule has 32 heavy (non-hydrogen) atoms. The summed E-state index contributed by atoms with van der Waals surface area (Å²) in [6, 6.07) is 16.9. The number of methoxy groups -OCH3 is 1. The maximum absolute atomic E-state index is 5.34. The molecule has 170 valence electrons. The molecule has 0 bridgehead atoms. The van der Waals surface area contributed by atoms with E-state index in [1.807, 2.05) is 37.4 Å². The van der Waals surface area contributed by atoms with Crippen molar-refractivity contribution in [3.8, 4) is 5.75 Å². The van der Waals surface area contributed by atoms with Gasteiger partial charge in [-0.05, 0) is 55.8 Å². The Labute approximate surface area is 190 Å². The number of para-hydroxylation sites is 2. The molecule has 0 aliphatic carbocycles. The molecule has 1 atom stereocenters. The first-order valence-corrected chi connectivity index (χ1v) is 11.5. The minimum Gasteiger partial charge on any atom is -0.497 e. The van der Waals surface area contributed by atoms with Gasteiger partial charge in [0.05, 0.1) is 24.2 Å². The van der Waals surface area contributed by atoms with Gasteiger partial charge in [0.1, 0.15) is 11.6 Å². The molecule has 0 amide bonds. The first kappa shape index (κ1) is 22.1. The van der Waals surface area contributed by atoms with E-state index in [4.69, 9.17) is 4.74 Å². The van der Waals surface area contributed by atoms with E-state index in [1.54, 1.807) is 7.11 Å². The molecule has 1 aliphatic rings. The number of ether oxygens (including phenoxy) is 1. The molecule has 3 aromatic rings. The van der Waals surface area contributed by atoms with E-state index in [0.29, 0.717) is 6.04 Å². The van der Waals surface area contributed by atoms with Gasteiger partial charge in [0.25, 0.3) is 0 Å². The van der Waals surface area contributed by atoms with Crippen LogP contribution in [-0.4, -0.2) is 61.2 Å². The molecular formula is C25H34N6O. The molecule has 7 heteroatoms. The van der Waals surface area contributed by atoms with Crippen molar-refractivity contribution in [1.82, 2.24) is 25.5 Å². The molecule has 1 aromatic heterocycles. The van der Waals surface area contributed by atoms with E-state index in [-0.39, 0.29) is 0 Å². The van der Waals surface area contributed by atoms with Crippen LogP contribution in [0.2, 0.25) is 0 Å². The number of rotatable bonds is 8. The Morgan fingerprint density at radius 1 is 1.09 bits per heavy atom. The lowest BCUT2D eigenvalue weighted by molar-refractivity contribution is 0.164. The SMILES string of the molecule is CN=C(NCCc1nc2ccccc2[nH]1)NCC(c1ccc(OC)cc1)N1CCCCC1. The van der Waals surface area contributed by atoms with Crippen LogP contribution < -0.4 is 15.4 Å². The van der Waals surface area contributed by atoms with Crippen molar-refractivity contribution in [2.24, 2.45) is 4.99 Å². The third-order valence-electron chi connectivity index (χ3n) is 6.11. The molecule has 2 aromatic carbocycles. The summed E-state index contributed by atoms with van der Waals surface area (Å²) in [5.41, 5.74) is 3.39. The van der Waals surface area contributed by atoms with Crippen molar-refractivity contribution in [1.29, 1.82) is 0 Å². The summed E-state index contributed by atoms with van der Waals surface area (Å²) in [4.78, 5) is 15.0. The first-order chi connectivity index (χ1) is 15.8. The Morgan fingerprint density at radius 2 is 1.88 bits per heavy atom. The number of benzene rings is 2. The molecule has 2 heterocycles. The number of imidazole rings is 1. The topological polar surface area (TPSA) is 77.6 Å². The number of fused-ring (bicyclic) bond motifs is 1. The van der Waals surface area contributed by atoms with Crippen molar-refractivity contribution < 1.29 is 4.74 Å². The van der Waals surface area contributed by atoms with Crippen LogP contribution in [0.3, 0.4) is 0 Å². The predicted molar refractivity (Wildman–Crippen MR) is 130 cm³/mol. The van der Waals surface area contributed by atoms with Crippen LogP contribution in [0, 0.1) is 0 Å². The highest BCUT2D eigenvalue weighted by Gasteiger charge is 2.22. The Hall–Kier alpha value is -3.06. The van der Waals surface area contributed by atoms with Gasteiger partial charge in [-0.15, -0.1) is 0 Å². The van der Waals surface area contributed by atoms with Gasteiger partial charge in [0.2, 0.25) is 0 Å². The molecule has 1 aliphatic heterocycles. The zero-order chi connectivity index (χ0) is 22.2. The number of H-pyrrole nitrogens is 1. The van der Waals surface area contributed by atoms with E-state index in [1.165, 1.54) is 24.8 Å². The van der Waals surface area contributed by atoms with Gasteiger partial charge in [-0.25, -0.2) is 4.98 Å². The van der Waals surface area contributed by atoms with Crippen LogP contribution in [0.4, 0.5) is 0 Å². The fraction of sp³-hybridized carbons (Fsp3) is 0.440. The molecule has 1 fully saturated rings. The second kappa shape index (κ2) is 11.0. The maximum Gasteiger partial charge on any atom is 0.191 e. The third-order valence-corrected chi connectivity index (χ3v) is 6.11. The van der Waals surface area contributed by atoms with Gasteiger partial charge >= 0.3 is 0 Å². The number of hydrogen-bond acceptors (Lipinski definition) is 4. The average Bonchev–Trinajstić information content (AvgIpc) is 3.27. The predicted octanol–water partition coefficient (Wildman–Crippen LogP) is 3.51. The summed E-state index contributed by atoms with van der Waals surface area (Å²) in [5.74, 6) is 2.69. The zero-order valence-corrected chi connectivity index (χ0v) is 19.1. The third kappa shape index (κ3) is 5.59. The summed E-state index contributed by atoms with van der Waals surface area (Å²) in [6.45, 7) is 3.83. The van der Waals surface area contributed by atoms with Gasteiger partial charge in [0, 0.05) is 26.6 Å². The Balaban J connectivity index is 1.34. The quantitative estimate of drug-likeness (QED) is 0.374. The Bertz CT molecular complexity index is 974. The molecule has 1 saturated heterocycles. The number of guanidine groups is 1. The van der Waals surface area contributed by atoms with Crippen molar-refractivity contribution in [2.75, 3.05) is 40.3 Å². The summed E-state index contributed by atoms with van der Waals surface area (Å²) in [7, 11) is 3.53. The summed E-state index contributed by atoms with van der Waals surface area (Å²) in [6.07, 6.45) is 4.65. The van der Waals surface area contributed by atoms with Crippen molar-refractivity contribution in [3.63, 3.8) is 0 Å². The second-order valence-corrected chi connectivity index (χ2v) is 8.22. The number of aromatic nitrogens is 2. The van der Waals surface area contributed by atoms with Crippen LogP contribution in [0.25, 0.3) is 11.0 Å². The summed E-state index contributed by atoms with van der Waals surface area (Å²) in [5, 5.41) is 6.97. The molecular weight excluding hydrogens is 400 g/mol. The van der Waals surface area contributed by atoms with Gasteiger partial charge in [-0.3, -0.25) is 9.89 Å². The lowest BCUT2D eigenvalue weighted by Gasteiger charge is -2.35. The second-order valence-electron chi connectivity index (χ2n) is 8.22. The minimum atomic E-state index is 0.301. The largest absolute Gasteiger partial charge is 0.497 e. The monoisotopic (exact) mass is 434 g/mol. The number of likely N-dealkylation sites (tertiary alicyclic amines) is 1. The van der Waals surface area contributed by atoms with E-state index < -0.39 is 0 Å². The van der Waals surface area contributed by atoms with Crippen LogP contribution in [0.1, 0.15) is 36.7 Å². The van der Waals surface area contributed by atoms with Gasteiger partial charge < -0.3 is 20.4 Å². The highest BCUT2D eigenvalue weighted by atomic mass is 16.5. The van der Waals surface area contributed by atoms with Crippen LogP contribution in [-0.2, 0) is 6.42 Å². The number of aliphatic imine (C=N–C) groups is 1. The first-order valence-electron chi connectivity index (χ1n) is 11.5. The number of hydrogen-bond donors (Lipinski definition) is 3. The lowest BCUT2D eigenvalue weighted by atomic mass is 10.0. The van der Waals surface area contributed by atoms with E-state index in [0.717, 1.165) is 61.2 Å². The maximum atomic E-state index is 5.34. The molecule has 3 N–H and O–H groups in total. The number of nitrogens with zero attached hydrogens (tertiary/aromatic N) is 3. The summed E-state index contributed by atoms with van der Waals surface area (Å²) >= 11 is 0. The minimum absolute atomic E-state index is 0.301. The highest BCUT2D eigenvalue weighted by Crippen LogP contribution is 2.25. The van der Waals surface area contributed by atoms with Crippen molar-refractivity contribution >= 4 is 17.0 Å². The fourth-order valence-electron chi connectivity index (χ4n) is 4.35. The smallest absolute Gasteiger partial charge is 0.191 e. The van der Waals surface area contributed by atoms with Gasteiger partial charge in [0.15, 0.2) is 5.96 Å².